The number of aromatic amines is 1. The molecule has 3 rings (SSSR count). The maximum Gasteiger partial charge on any atom is 0.286 e. The van der Waals surface area contributed by atoms with Crippen molar-refractivity contribution in [1.29, 1.82) is 0 Å². The van der Waals surface area contributed by atoms with Gasteiger partial charge in [0, 0.05) is 26.2 Å². The van der Waals surface area contributed by atoms with E-state index < -0.39 is 5.56 Å². The molecule has 0 aliphatic carbocycles. The maximum atomic E-state index is 12.3. The predicted molar refractivity (Wildman–Crippen MR) is 107 cm³/mol. The zero-order valence-corrected chi connectivity index (χ0v) is 17.0. The molecule has 2 aromatic heterocycles. The number of amides is 1. The van der Waals surface area contributed by atoms with Gasteiger partial charge in [0.15, 0.2) is 10.8 Å². The second kappa shape index (κ2) is 10.4. The summed E-state index contributed by atoms with van der Waals surface area (Å²) in [4.78, 5) is 35.8. The van der Waals surface area contributed by atoms with Crippen LogP contribution in [0.1, 0.15) is 6.42 Å². The first-order valence-corrected chi connectivity index (χ1v) is 9.74. The molecule has 0 aromatic carbocycles. The molecule has 29 heavy (non-hydrogen) atoms. The van der Waals surface area contributed by atoms with Crippen molar-refractivity contribution in [2.24, 2.45) is 0 Å². The molecule has 0 saturated carbocycles. The Balaban J connectivity index is 1.31. The van der Waals surface area contributed by atoms with Crippen molar-refractivity contribution in [3.8, 4) is 5.75 Å². The van der Waals surface area contributed by atoms with Crippen LogP contribution < -0.4 is 15.2 Å². The molecular weight excluding hydrogens is 423 g/mol. The van der Waals surface area contributed by atoms with E-state index in [1.165, 1.54) is 6.20 Å². The molecule has 12 heteroatoms. The lowest BCUT2D eigenvalue weighted by Crippen LogP contribution is -2.49. The monoisotopic (exact) mass is 442 g/mol. The first-order valence-electron chi connectivity index (χ1n) is 8.98. The zero-order chi connectivity index (χ0) is 20.6. The van der Waals surface area contributed by atoms with E-state index in [2.05, 4.69) is 20.2 Å². The normalized spacial score (nSPS) is 14.1. The van der Waals surface area contributed by atoms with Crippen molar-refractivity contribution in [3.05, 3.63) is 39.0 Å². The highest BCUT2D eigenvalue weighted by Crippen LogP contribution is 2.17. The molecule has 2 aromatic rings. The highest BCUT2D eigenvalue weighted by atomic mass is 35.5. The van der Waals surface area contributed by atoms with Crippen molar-refractivity contribution in [2.45, 2.75) is 6.42 Å². The van der Waals surface area contributed by atoms with Gasteiger partial charge in [0.05, 0.1) is 43.2 Å². The van der Waals surface area contributed by atoms with Gasteiger partial charge in [-0.05, 0) is 0 Å². The Kier molecular flexibility index (Phi) is 7.62. The quantitative estimate of drug-likeness (QED) is 0.602. The third kappa shape index (κ3) is 6.02. The number of anilines is 1. The highest BCUT2D eigenvalue weighted by Gasteiger charge is 2.22. The molecule has 1 amide bonds. The topological polar surface area (TPSA) is 114 Å². The summed E-state index contributed by atoms with van der Waals surface area (Å²) in [6, 6.07) is 0. The van der Waals surface area contributed by atoms with Crippen LogP contribution in [0.15, 0.2) is 23.4 Å². The number of H-pyrrole nitrogens is 1. The van der Waals surface area contributed by atoms with E-state index in [9.17, 15) is 9.59 Å². The van der Waals surface area contributed by atoms with Crippen LogP contribution in [0, 0.1) is 0 Å². The first-order chi connectivity index (χ1) is 14.0. The molecule has 156 valence electrons. The van der Waals surface area contributed by atoms with Crippen LogP contribution in [0.25, 0.3) is 0 Å². The molecule has 1 aliphatic rings. The van der Waals surface area contributed by atoms with Gasteiger partial charge in [-0.25, -0.2) is 15.1 Å². The molecule has 3 heterocycles. The maximum absolute atomic E-state index is 12.3. The Morgan fingerprint density at radius 2 is 1.79 bits per heavy atom. The minimum Gasteiger partial charge on any atom is -0.488 e. The molecule has 10 nitrogen and oxygen atoms in total. The summed E-state index contributed by atoms with van der Waals surface area (Å²) in [5, 5.41) is 6.24. The van der Waals surface area contributed by atoms with Gasteiger partial charge in [0.2, 0.25) is 11.9 Å². The number of halogens is 2. The Morgan fingerprint density at radius 3 is 2.52 bits per heavy atom. The lowest BCUT2D eigenvalue weighted by molar-refractivity contribution is -0.132. The van der Waals surface area contributed by atoms with Gasteiger partial charge >= 0.3 is 0 Å². The van der Waals surface area contributed by atoms with Crippen LogP contribution in [0.4, 0.5) is 5.95 Å². The number of hydrogen-bond donors (Lipinski definition) is 1. The van der Waals surface area contributed by atoms with E-state index in [-0.39, 0.29) is 42.9 Å². The van der Waals surface area contributed by atoms with E-state index in [1.807, 2.05) is 4.90 Å². The Labute approximate surface area is 176 Å². The van der Waals surface area contributed by atoms with Crippen molar-refractivity contribution in [2.75, 3.05) is 50.9 Å². The summed E-state index contributed by atoms with van der Waals surface area (Å²) < 4.78 is 10.8. The molecule has 1 fully saturated rings. The summed E-state index contributed by atoms with van der Waals surface area (Å²) >= 11 is 11.6. The fourth-order valence-corrected chi connectivity index (χ4v) is 2.97. The number of rotatable bonds is 8. The predicted octanol–water partition coefficient (Wildman–Crippen LogP) is 1.00. The zero-order valence-electron chi connectivity index (χ0n) is 15.5. The number of aromatic nitrogens is 4. The smallest absolute Gasteiger partial charge is 0.286 e. The lowest BCUT2D eigenvalue weighted by Gasteiger charge is -2.34. The van der Waals surface area contributed by atoms with Crippen LogP contribution in [0.2, 0.25) is 10.0 Å². The van der Waals surface area contributed by atoms with E-state index in [1.54, 1.807) is 17.3 Å². The van der Waals surface area contributed by atoms with Crippen LogP contribution in [0.3, 0.4) is 0 Å². The summed E-state index contributed by atoms with van der Waals surface area (Å²) in [6.45, 7) is 3.26. The van der Waals surface area contributed by atoms with Crippen LogP contribution in [-0.4, -0.2) is 77.0 Å². The summed E-state index contributed by atoms with van der Waals surface area (Å²) in [6.07, 6.45) is 4.72. The molecule has 1 aliphatic heterocycles. The third-order valence-electron chi connectivity index (χ3n) is 4.23. The first kappa shape index (κ1) is 21.3. The molecule has 1 N–H and O–H groups in total. The molecular formula is C17H20Cl2N6O4. The van der Waals surface area contributed by atoms with Crippen molar-refractivity contribution >= 4 is 35.1 Å². The van der Waals surface area contributed by atoms with Gasteiger partial charge in [0.25, 0.3) is 5.56 Å². The fraction of sp³-hybridized carbons (Fsp3) is 0.471. The highest BCUT2D eigenvalue weighted by molar-refractivity contribution is 6.31. The third-order valence-corrected chi connectivity index (χ3v) is 4.78. The number of carbonyl (C=O) groups is 1. The van der Waals surface area contributed by atoms with E-state index in [4.69, 9.17) is 32.7 Å². The van der Waals surface area contributed by atoms with Gasteiger partial charge in [0.1, 0.15) is 6.61 Å². The standard InChI is InChI=1S/C17H20Cl2N6O4/c18-12-9-20-17(21-10-12)25-4-2-24(3-5-25)14(26)1-6-28-7-8-29-13-11-22-23-16(27)15(13)19/h9-11H,1-8H2,(H,23,27). The number of nitrogens with one attached hydrogen (secondary N) is 1. The molecule has 0 atom stereocenters. The Hall–Kier alpha value is -2.43. The number of ether oxygens (including phenoxy) is 2. The minimum absolute atomic E-state index is 0.0319. The number of nitrogens with zero attached hydrogens (tertiary/aromatic N) is 5. The van der Waals surface area contributed by atoms with Gasteiger partial charge < -0.3 is 19.3 Å². The van der Waals surface area contributed by atoms with Crippen molar-refractivity contribution in [3.63, 3.8) is 0 Å². The molecule has 0 unspecified atom stereocenters. The van der Waals surface area contributed by atoms with Crippen LogP contribution in [-0.2, 0) is 9.53 Å². The second-order valence-electron chi connectivity index (χ2n) is 6.16. The van der Waals surface area contributed by atoms with Gasteiger partial charge in [-0.15, -0.1) is 0 Å². The van der Waals surface area contributed by atoms with E-state index in [0.29, 0.717) is 37.1 Å². The number of carbonyl (C=O) groups excluding carboxylic acids is 1. The average Bonchev–Trinajstić information content (AvgIpc) is 2.74. The molecule has 1 saturated heterocycles. The van der Waals surface area contributed by atoms with Gasteiger partial charge in [-0.1, -0.05) is 23.2 Å². The van der Waals surface area contributed by atoms with Crippen LogP contribution >= 0.6 is 23.2 Å². The summed E-state index contributed by atoms with van der Waals surface area (Å²) in [5.74, 6) is 0.836. The molecule has 0 bridgehead atoms. The number of piperazine rings is 1. The fourth-order valence-electron chi connectivity index (χ4n) is 2.72. The lowest BCUT2D eigenvalue weighted by atomic mass is 10.3. The summed E-state index contributed by atoms with van der Waals surface area (Å²) in [7, 11) is 0. The largest absolute Gasteiger partial charge is 0.488 e. The van der Waals surface area contributed by atoms with Gasteiger partial charge in [-0.2, -0.15) is 5.10 Å². The minimum atomic E-state index is -0.515. The number of hydrogen-bond acceptors (Lipinski definition) is 8. The van der Waals surface area contributed by atoms with Crippen molar-refractivity contribution < 1.29 is 14.3 Å². The van der Waals surface area contributed by atoms with E-state index >= 15 is 0 Å². The second-order valence-corrected chi connectivity index (χ2v) is 6.97. The van der Waals surface area contributed by atoms with E-state index in [0.717, 1.165) is 0 Å². The molecule has 0 radical (unpaired) electrons. The van der Waals surface area contributed by atoms with Gasteiger partial charge in [-0.3, -0.25) is 9.59 Å². The average molecular weight is 443 g/mol. The Bertz CT molecular complexity index is 871. The van der Waals surface area contributed by atoms with Crippen LogP contribution in [0.5, 0.6) is 5.75 Å². The SMILES string of the molecule is O=C(CCOCCOc1cn[nH]c(=O)c1Cl)N1CCN(c2ncc(Cl)cn2)CC1. The Morgan fingerprint density at radius 1 is 1.07 bits per heavy atom. The summed E-state index contributed by atoms with van der Waals surface area (Å²) in [5.41, 5.74) is -0.515. The van der Waals surface area contributed by atoms with Crippen molar-refractivity contribution in [1.82, 2.24) is 25.1 Å². The molecule has 0 spiro atoms.